The van der Waals surface area contributed by atoms with Crippen LogP contribution in [0.2, 0.25) is 0 Å². The highest BCUT2D eigenvalue weighted by molar-refractivity contribution is 5.76. The quantitative estimate of drug-likeness (QED) is 0.776. The molecule has 0 aliphatic carbocycles. The van der Waals surface area contributed by atoms with E-state index in [-0.39, 0.29) is 5.91 Å². The van der Waals surface area contributed by atoms with Crippen LogP contribution >= 0.6 is 0 Å². The molecule has 1 unspecified atom stereocenters. The molecule has 2 aromatic rings. The second-order valence-electron chi connectivity index (χ2n) is 7.21. The summed E-state index contributed by atoms with van der Waals surface area (Å²) in [6, 6.07) is 17.0. The fraction of sp³-hybridized carbons (Fsp3) is 0.435. The second kappa shape index (κ2) is 9.56. The molecule has 0 saturated heterocycles. The van der Waals surface area contributed by atoms with Gasteiger partial charge in [-0.1, -0.05) is 43.3 Å². The van der Waals surface area contributed by atoms with Gasteiger partial charge in [-0.2, -0.15) is 0 Å². The van der Waals surface area contributed by atoms with Crippen molar-refractivity contribution in [1.29, 1.82) is 0 Å². The van der Waals surface area contributed by atoms with E-state index in [1.807, 2.05) is 24.3 Å². The van der Waals surface area contributed by atoms with Gasteiger partial charge < -0.3 is 10.1 Å². The number of amides is 1. The molecule has 1 amide bonds. The molecule has 0 spiro atoms. The minimum Gasteiger partial charge on any atom is -0.497 e. The number of benzene rings is 2. The molecule has 2 aromatic carbocycles. The number of carbonyl (C=O) groups excluding carboxylic acids is 1. The van der Waals surface area contributed by atoms with E-state index in [0.717, 1.165) is 50.2 Å². The first kappa shape index (κ1) is 19.4. The van der Waals surface area contributed by atoms with Gasteiger partial charge in [0.25, 0.3) is 0 Å². The number of carbonyl (C=O) groups is 1. The van der Waals surface area contributed by atoms with Gasteiger partial charge in [0.05, 0.1) is 7.11 Å². The number of nitrogens with zero attached hydrogens (tertiary/aromatic N) is 1. The zero-order valence-corrected chi connectivity index (χ0v) is 16.4. The van der Waals surface area contributed by atoms with Crippen molar-refractivity contribution in [2.75, 3.05) is 20.2 Å². The molecule has 144 valence electrons. The topological polar surface area (TPSA) is 41.6 Å². The van der Waals surface area contributed by atoms with E-state index < -0.39 is 0 Å². The summed E-state index contributed by atoms with van der Waals surface area (Å²) < 4.78 is 5.24. The number of rotatable bonds is 8. The summed E-state index contributed by atoms with van der Waals surface area (Å²) in [5, 5.41) is 3.14. The first-order valence-electron chi connectivity index (χ1n) is 9.90. The van der Waals surface area contributed by atoms with Gasteiger partial charge in [-0.25, -0.2) is 0 Å². The average Bonchev–Trinajstić information content (AvgIpc) is 2.72. The summed E-state index contributed by atoms with van der Waals surface area (Å²) in [5.41, 5.74) is 4.02. The van der Waals surface area contributed by atoms with Gasteiger partial charge in [0, 0.05) is 32.1 Å². The van der Waals surface area contributed by atoms with Crippen LogP contribution in [0, 0.1) is 0 Å². The SMILES string of the molecule is CCC(CNC(=O)CCc1cccc(OC)c1)N1CCc2ccccc2C1. The Morgan fingerprint density at radius 3 is 2.78 bits per heavy atom. The lowest BCUT2D eigenvalue weighted by Gasteiger charge is -2.35. The van der Waals surface area contributed by atoms with Crippen LogP contribution in [0.25, 0.3) is 0 Å². The molecule has 4 heteroatoms. The molecule has 0 radical (unpaired) electrons. The molecule has 1 N–H and O–H groups in total. The fourth-order valence-electron chi connectivity index (χ4n) is 3.77. The van der Waals surface area contributed by atoms with Crippen molar-refractivity contribution in [3.63, 3.8) is 0 Å². The van der Waals surface area contributed by atoms with Crippen LogP contribution in [0.4, 0.5) is 0 Å². The van der Waals surface area contributed by atoms with Gasteiger partial charge in [-0.05, 0) is 48.1 Å². The largest absolute Gasteiger partial charge is 0.497 e. The van der Waals surface area contributed by atoms with Crippen molar-refractivity contribution in [2.45, 2.75) is 45.2 Å². The number of nitrogens with one attached hydrogen (secondary N) is 1. The van der Waals surface area contributed by atoms with E-state index in [0.29, 0.717) is 12.5 Å². The van der Waals surface area contributed by atoms with Crippen LogP contribution in [-0.2, 0) is 24.2 Å². The van der Waals surface area contributed by atoms with Gasteiger partial charge in [-0.15, -0.1) is 0 Å². The van der Waals surface area contributed by atoms with Crippen molar-refractivity contribution >= 4 is 5.91 Å². The zero-order valence-electron chi connectivity index (χ0n) is 16.4. The first-order valence-corrected chi connectivity index (χ1v) is 9.90. The first-order chi connectivity index (χ1) is 13.2. The Bertz CT molecular complexity index is 760. The molecule has 0 fully saturated rings. The summed E-state index contributed by atoms with van der Waals surface area (Å²) in [6.07, 6.45) is 3.37. The van der Waals surface area contributed by atoms with Gasteiger partial charge in [-0.3, -0.25) is 9.69 Å². The Hall–Kier alpha value is -2.33. The molecule has 4 nitrogen and oxygen atoms in total. The third kappa shape index (κ3) is 5.33. The number of fused-ring (bicyclic) bond motifs is 1. The van der Waals surface area contributed by atoms with E-state index in [2.05, 4.69) is 41.4 Å². The van der Waals surface area contributed by atoms with Crippen molar-refractivity contribution in [3.8, 4) is 5.75 Å². The van der Waals surface area contributed by atoms with E-state index in [4.69, 9.17) is 4.74 Å². The van der Waals surface area contributed by atoms with Crippen molar-refractivity contribution < 1.29 is 9.53 Å². The monoisotopic (exact) mass is 366 g/mol. The third-order valence-corrected chi connectivity index (χ3v) is 5.46. The summed E-state index contributed by atoms with van der Waals surface area (Å²) in [5.74, 6) is 0.956. The summed E-state index contributed by atoms with van der Waals surface area (Å²) in [4.78, 5) is 14.8. The molecular weight excluding hydrogens is 336 g/mol. The molecule has 3 rings (SSSR count). The van der Waals surface area contributed by atoms with E-state index >= 15 is 0 Å². The zero-order chi connectivity index (χ0) is 19.1. The van der Waals surface area contributed by atoms with Gasteiger partial charge >= 0.3 is 0 Å². The molecule has 0 bridgehead atoms. The van der Waals surface area contributed by atoms with E-state index in [1.165, 1.54) is 11.1 Å². The Morgan fingerprint density at radius 2 is 2.00 bits per heavy atom. The van der Waals surface area contributed by atoms with Gasteiger partial charge in [0.2, 0.25) is 5.91 Å². The Labute approximate surface area is 162 Å². The average molecular weight is 367 g/mol. The summed E-state index contributed by atoms with van der Waals surface area (Å²) in [6.45, 7) is 4.97. The van der Waals surface area contributed by atoms with Crippen molar-refractivity contribution in [3.05, 3.63) is 65.2 Å². The van der Waals surface area contributed by atoms with Crippen molar-refractivity contribution in [1.82, 2.24) is 10.2 Å². The maximum absolute atomic E-state index is 12.3. The lowest BCUT2D eigenvalue weighted by atomic mass is 9.98. The molecule has 1 aliphatic heterocycles. The normalized spacial score (nSPS) is 15.0. The minimum absolute atomic E-state index is 0.119. The summed E-state index contributed by atoms with van der Waals surface area (Å²) >= 11 is 0. The molecule has 1 atom stereocenters. The lowest BCUT2D eigenvalue weighted by molar-refractivity contribution is -0.121. The maximum atomic E-state index is 12.3. The van der Waals surface area contributed by atoms with E-state index in [1.54, 1.807) is 7.11 Å². The molecule has 27 heavy (non-hydrogen) atoms. The lowest BCUT2D eigenvalue weighted by Crippen LogP contribution is -2.45. The third-order valence-electron chi connectivity index (χ3n) is 5.46. The van der Waals surface area contributed by atoms with Gasteiger partial charge in [0.1, 0.15) is 5.75 Å². The number of methoxy groups -OCH3 is 1. The summed E-state index contributed by atoms with van der Waals surface area (Å²) in [7, 11) is 1.66. The molecule has 1 aliphatic rings. The van der Waals surface area contributed by atoms with Crippen molar-refractivity contribution in [2.24, 2.45) is 0 Å². The van der Waals surface area contributed by atoms with Crippen LogP contribution in [-0.4, -0.2) is 37.0 Å². The fourth-order valence-corrected chi connectivity index (χ4v) is 3.77. The highest BCUT2D eigenvalue weighted by Gasteiger charge is 2.22. The van der Waals surface area contributed by atoms with Crippen LogP contribution in [0.15, 0.2) is 48.5 Å². The molecule has 0 aromatic heterocycles. The van der Waals surface area contributed by atoms with Gasteiger partial charge in [0.15, 0.2) is 0 Å². The van der Waals surface area contributed by atoms with Crippen LogP contribution < -0.4 is 10.1 Å². The number of ether oxygens (including phenoxy) is 1. The maximum Gasteiger partial charge on any atom is 0.220 e. The predicted molar refractivity (Wildman–Crippen MR) is 109 cm³/mol. The second-order valence-corrected chi connectivity index (χ2v) is 7.21. The smallest absolute Gasteiger partial charge is 0.220 e. The number of hydrogen-bond donors (Lipinski definition) is 1. The minimum atomic E-state index is 0.119. The molecule has 1 heterocycles. The highest BCUT2D eigenvalue weighted by Crippen LogP contribution is 2.21. The predicted octanol–water partition coefficient (Wildman–Crippen LogP) is 3.58. The van der Waals surface area contributed by atoms with Crippen LogP contribution in [0.1, 0.15) is 36.5 Å². The number of hydrogen-bond acceptors (Lipinski definition) is 3. The standard InChI is InChI=1S/C23H30N2O2/c1-3-21(25-14-13-19-8-4-5-9-20(19)17-25)16-24-23(26)12-11-18-7-6-10-22(15-18)27-2/h4-10,15,21H,3,11-14,16-17H2,1-2H3,(H,24,26). The molecule has 0 saturated carbocycles. The van der Waals surface area contributed by atoms with E-state index in [9.17, 15) is 4.79 Å². The Balaban J connectivity index is 1.47. The van der Waals surface area contributed by atoms with Crippen LogP contribution in [0.3, 0.4) is 0 Å². The van der Waals surface area contributed by atoms with Crippen LogP contribution in [0.5, 0.6) is 5.75 Å². The Kier molecular flexibility index (Phi) is 6.88. The molecular formula is C23H30N2O2. The number of aryl methyl sites for hydroxylation is 1. The highest BCUT2D eigenvalue weighted by atomic mass is 16.5. The Morgan fingerprint density at radius 1 is 1.19 bits per heavy atom.